The number of benzene rings is 4. The minimum absolute atomic E-state index is 0.234. The van der Waals surface area contributed by atoms with Gasteiger partial charge in [-0.2, -0.15) is 5.10 Å². The van der Waals surface area contributed by atoms with Crippen molar-refractivity contribution in [1.82, 2.24) is 5.43 Å². The number of ether oxygens (including phenoxy) is 2. The Kier molecular flexibility index (Phi) is 8.25. The van der Waals surface area contributed by atoms with Gasteiger partial charge in [-0.1, -0.05) is 29.8 Å². The topological polar surface area (TPSA) is 106 Å². The van der Waals surface area contributed by atoms with Crippen molar-refractivity contribution in [2.24, 2.45) is 5.10 Å². The first-order valence-corrected chi connectivity index (χ1v) is 11.7. The van der Waals surface area contributed by atoms with Gasteiger partial charge in [0.1, 0.15) is 11.5 Å². The van der Waals surface area contributed by atoms with E-state index in [2.05, 4.69) is 15.8 Å². The number of anilines is 1. The lowest BCUT2D eigenvalue weighted by atomic mass is 10.1. The number of nitrogens with one attached hydrogen (secondary N) is 2. The second-order valence-electron chi connectivity index (χ2n) is 8.26. The van der Waals surface area contributed by atoms with Crippen LogP contribution in [0.5, 0.6) is 11.5 Å². The molecular formula is C30H25N3O5. The first-order chi connectivity index (χ1) is 18.4. The van der Waals surface area contributed by atoms with E-state index in [4.69, 9.17) is 9.47 Å². The molecule has 0 unspecified atom stereocenters. The zero-order chi connectivity index (χ0) is 26.9. The normalized spacial score (nSPS) is 10.6. The van der Waals surface area contributed by atoms with Crippen LogP contribution in [0.15, 0.2) is 102 Å². The van der Waals surface area contributed by atoms with Crippen molar-refractivity contribution in [3.8, 4) is 11.5 Å². The molecule has 0 aliphatic carbocycles. The summed E-state index contributed by atoms with van der Waals surface area (Å²) in [6.45, 7) is 1.92. The average Bonchev–Trinajstić information content (AvgIpc) is 2.94. The van der Waals surface area contributed by atoms with Crippen LogP contribution in [0, 0.1) is 6.92 Å². The van der Waals surface area contributed by atoms with Gasteiger partial charge >= 0.3 is 5.97 Å². The number of hydrogen-bond donors (Lipinski definition) is 2. The zero-order valence-corrected chi connectivity index (χ0v) is 20.8. The number of rotatable bonds is 8. The van der Waals surface area contributed by atoms with E-state index in [0.29, 0.717) is 39.4 Å². The molecule has 0 saturated heterocycles. The quantitative estimate of drug-likeness (QED) is 0.147. The number of carbonyl (C=O) groups is 3. The van der Waals surface area contributed by atoms with Gasteiger partial charge in [-0.3, -0.25) is 9.59 Å². The van der Waals surface area contributed by atoms with Crippen LogP contribution in [0.2, 0.25) is 0 Å². The van der Waals surface area contributed by atoms with Gasteiger partial charge < -0.3 is 14.8 Å². The first kappa shape index (κ1) is 25.8. The lowest BCUT2D eigenvalue weighted by Crippen LogP contribution is -2.18. The largest absolute Gasteiger partial charge is 0.497 e. The van der Waals surface area contributed by atoms with Crippen LogP contribution < -0.4 is 20.2 Å². The number of hydrazone groups is 1. The summed E-state index contributed by atoms with van der Waals surface area (Å²) in [7, 11) is 1.55. The molecule has 0 radical (unpaired) electrons. The van der Waals surface area contributed by atoms with Crippen molar-refractivity contribution in [1.29, 1.82) is 0 Å². The number of esters is 1. The fourth-order valence-electron chi connectivity index (χ4n) is 3.49. The Morgan fingerprint density at radius 1 is 0.763 bits per heavy atom. The second kappa shape index (κ2) is 12.1. The van der Waals surface area contributed by atoms with Crippen molar-refractivity contribution >= 4 is 29.7 Å². The third-order valence-electron chi connectivity index (χ3n) is 5.50. The van der Waals surface area contributed by atoms with Crippen LogP contribution in [-0.4, -0.2) is 31.1 Å². The van der Waals surface area contributed by atoms with Gasteiger partial charge in [-0.25, -0.2) is 10.2 Å². The summed E-state index contributed by atoms with van der Waals surface area (Å²) >= 11 is 0. The van der Waals surface area contributed by atoms with E-state index in [0.717, 1.165) is 5.56 Å². The molecule has 8 heteroatoms. The summed E-state index contributed by atoms with van der Waals surface area (Å²) < 4.78 is 10.6. The van der Waals surface area contributed by atoms with Crippen LogP contribution in [0.3, 0.4) is 0 Å². The minimum Gasteiger partial charge on any atom is -0.497 e. The van der Waals surface area contributed by atoms with Crippen molar-refractivity contribution in [2.45, 2.75) is 6.92 Å². The summed E-state index contributed by atoms with van der Waals surface area (Å²) in [6, 6.07) is 27.1. The molecule has 0 aromatic heterocycles. The molecule has 0 aliphatic heterocycles. The van der Waals surface area contributed by atoms with E-state index in [9.17, 15) is 14.4 Å². The van der Waals surface area contributed by atoms with Crippen LogP contribution in [0.1, 0.15) is 42.2 Å². The van der Waals surface area contributed by atoms with Crippen molar-refractivity contribution in [2.75, 3.05) is 12.4 Å². The van der Waals surface area contributed by atoms with Crippen LogP contribution in [-0.2, 0) is 0 Å². The van der Waals surface area contributed by atoms with Crippen LogP contribution in [0.4, 0.5) is 5.69 Å². The molecule has 0 aliphatic rings. The number of hydrogen-bond acceptors (Lipinski definition) is 6. The Hall–Kier alpha value is -5.24. The number of para-hydroxylation sites is 1. The van der Waals surface area contributed by atoms with Gasteiger partial charge in [0.25, 0.3) is 11.8 Å². The van der Waals surface area contributed by atoms with Crippen LogP contribution >= 0.6 is 0 Å². The molecule has 0 bridgehead atoms. The Balaban J connectivity index is 1.35. The van der Waals surface area contributed by atoms with Crippen molar-refractivity contribution in [3.63, 3.8) is 0 Å². The summed E-state index contributed by atoms with van der Waals surface area (Å²) in [6.07, 6.45) is 1.39. The van der Waals surface area contributed by atoms with Gasteiger partial charge in [0.15, 0.2) is 0 Å². The molecule has 190 valence electrons. The third-order valence-corrected chi connectivity index (χ3v) is 5.50. The molecule has 0 fully saturated rings. The highest BCUT2D eigenvalue weighted by Crippen LogP contribution is 2.19. The van der Waals surface area contributed by atoms with Crippen LogP contribution in [0.25, 0.3) is 0 Å². The number of aryl methyl sites for hydroxylation is 1. The van der Waals surface area contributed by atoms with Gasteiger partial charge in [0.2, 0.25) is 0 Å². The second-order valence-corrected chi connectivity index (χ2v) is 8.26. The third kappa shape index (κ3) is 6.70. The molecule has 4 rings (SSSR count). The molecule has 0 saturated carbocycles. The first-order valence-electron chi connectivity index (χ1n) is 11.7. The highest BCUT2D eigenvalue weighted by molar-refractivity contribution is 6.04. The number of amides is 2. The standard InChI is InChI=1S/C30H25N3O5/c1-20-6-5-8-23(18-20)28(34)32-25-14-10-21(11-15-25)29(35)33-31-19-24-7-3-4-9-27(24)38-30(36)22-12-16-26(37-2)17-13-22/h3-19H,1-2H3,(H,32,34)(H,33,35)/b31-19-. The van der Waals surface area contributed by atoms with E-state index in [1.54, 1.807) is 92.0 Å². The Morgan fingerprint density at radius 2 is 1.47 bits per heavy atom. The van der Waals surface area contributed by atoms with Gasteiger partial charge in [-0.05, 0) is 79.7 Å². The fraction of sp³-hybridized carbons (Fsp3) is 0.0667. The molecule has 4 aromatic rings. The summed E-state index contributed by atoms with van der Waals surface area (Å²) in [5.74, 6) is -0.286. The van der Waals surface area contributed by atoms with E-state index in [-0.39, 0.29) is 5.91 Å². The van der Waals surface area contributed by atoms with Crippen molar-refractivity contribution < 1.29 is 23.9 Å². The average molecular weight is 508 g/mol. The van der Waals surface area contributed by atoms with Gasteiger partial charge in [0.05, 0.1) is 18.9 Å². The molecule has 0 heterocycles. The van der Waals surface area contributed by atoms with E-state index < -0.39 is 11.9 Å². The SMILES string of the molecule is COc1ccc(C(=O)Oc2ccccc2/C=N\NC(=O)c2ccc(NC(=O)c3cccc(C)c3)cc2)cc1. The maximum Gasteiger partial charge on any atom is 0.343 e. The molecule has 4 aromatic carbocycles. The molecule has 0 atom stereocenters. The highest BCUT2D eigenvalue weighted by atomic mass is 16.5. The molecular weight excluding hydrogens is 482 g/mol. The maximum atomic E-state index is 12.5. The van der Waals surface area contributed by atoms with E-state index in [1.165, 1.54) is 6.21 Å². The Morgan fingerprint density at radius 3 is 2.18 bits per heavy atom. The smallest absolute Gasteiger partial charge is 0.343 e. The van der Waals surface area contributed by atoms with E-state index >= 15 is 0 Å². The number of methoxy groups -OCH3 is 1. The molecule has 0 spiro atoms. The summed E-state index contributed by atoms with van der Waals surface area (Å²) in [4.78, 5) is 37.5. The molecule has 8 nitrogen and oxygen atoms in total. The molecule has 2 amide bonds. The maximum absolute atomic E-state index is 12.5. The summed E-state index contributed by atoms with van der Waals surface area (Å²) in [5.41, 5.74) is 5.78. The number of carbonyl (C=O) groups excluding carboxylic acids is 3. The predicted octanol–water partition coefficient (Wildman–Crippen LogP) is 5.24. The molecule has 38 heavy (non-hydrogen) atoms. The van der Waals surface area contributed by atoms with Crippen molar-refractivity contribution in [3.05, 3.63) is 125 Å². The Bertz CT molecular complexity index is 1480. The predicted molar refractivity (Wildman–Crippen MR) is 145 cm³/mol. The monoisotopic (exact) mass is 507 g/mol. The zero-order valence-electron chi connectivity index (χ0n) is 20.8. The highest BCUT2D eigenvalue weighted by Gasteiger charge is 2.12. The Labute approximate surface area is 219 Å². The van der Waals surface area contributed by atoms with Gasteiger partial charge in [0, 0.05) is 22.4 Å². The lowest BCUT2D eigenvalue weighted by Gasteiger charge is -2.08. The van der Waals surface area contributed by atoms with E-state index in [1.807, 2.05) is 19.1 Å². The lowest BCUT2D eigenvalue weighted by molar-refractivity contribution is 0.0733. The minimum atomic E-state index is -0.535. The fourth-order valence-corrected chi connectivity index (χ4v) is 3.49. The van der Waals surface area contributed by atoms with Gasteiger partial charge in [-0.15, -0.1) is 0 Å². The number of nitrogens with zero attached hydrogens (tertiary/aromatic N) is 1. The molecule has 2 N–H and O–H groups in total. The summed E-state index contributed by atoms with van der Waals surface area (Å²) in [5, 5.41) is 6.81.